The SMILES string of the molecule is CCCNC(CC)c1ccn(CCc2cccnc2)c1. The number of aryl methyl sites for hydroxylation is 2. The van der Waals surface area contributed by atoms with Gasteiger partial charge in [-0.2, -0.15) is 0 Å². The van der Waals surface area contributed by atoms with Crippen LogP contribution >= 0.6 is 0 Å². The fourth-order valence-corrected chi connectivity index (χ4v) is 2.43. The second-order valence-corrected chi connectivity index (χ2v) is 5.21. The maximum atomic E-state index is 4.16. The Kier molecular flexibility index (Phi) is 5.81. The summed E-state index contributed by atoms with van der Waals surface area (Å²) in [7, 11) is 0. The van der Waals surface area contributed by atoms with Crippen LogP contribution in [-0.2, 0) is 13.0 Å². The molecule has 0 aliphatic carbocycles. The molecule has 0 amide bonds. The molecule has 3 heteroatoms. The van der Waals surface area contributed by atoms with Gasteiger partial charge in [0.25, 0.3) is 0 Å². The summed E-state index contributed by atoms with van der Waals surface area (Å²) in [6.45, 7) is 6.54. The summed E-state index contributed by atoms with van der Waals surface area (Å²) in [5.41, 5.74) is 2.69. The van der Waals surface area contributed by atoms with Gasteiger partial charge in [0.15, 0.2) is 0 Å². The smallest absolute Gasteiger partial charge is 0.0332 e. The average molecular weight is 271 g/mol. The van der Waals surface area contributed by atoms with E-state index in [0.29, 0.717) is 6.04 Å². The molecule has 1 unspecified atom stereocenters. The fraction of sp³-hybridized carbons (Fsp3) is 0.471. The predicted molar refractivity (Wildman–Crippen MR) is 83.7 cm³/mol. The summed E-state index contributed by atoms with van der Waals surface area (Å²) in [6.07, 6.45) is 11.6. The van der Waals surface area contributed by atoms with Gasteiger partial charge in [0.05, 0.1) is 0 Å². The van der Waals surface area contributed by atoms with Crippen LogP contribution in [0.15, 0.2) is 43.0 Å². The summed E-state index contributed by atoms with van der Waals surface area (Å²) in [4.78, 5) is 4.16. The first-order valence-electron chi connectivity index (χ1n) is 7.61. The lowest BCUT2D eigenvalue weighted by Gasteiger charge is -2.15. The third kappa shape index (κ3) is 4.20. The Morgan fingerprint density at radius 3 is 2.90 bits per heavy atom. The highest BCUT2D eigenvalue weighted by Crippen LogP contribution is 2.17. The minimum absolute atomic E-state index is 0.481. The van der Waals surface area contributed by atoms with Crippen LogP contribution in [0, 0.1) is 0 Å². The number of nitrogens with one attached hydrogen (secondary N) is 1. The zero-order valence-corrected chi connectivity index (χ0v) is 12.5. The van der Waals surface area contributed by atoms with E-state index in [1.165, 1.54) is 17.5 Å². The Morgan fingerprint density at radius 1 is 1.30 bits per heavy atom. The average Bonchev–Trinajstić information content (AvgIpc) is 2.96. The molecule has 0 saturated heterocycles. The number of hydrogen-bond donors (Lipinski definition) is 1. The highest BCUT2D eigenvalue weighted by molar-refractivity contribution is 5.16. The molecule has 1 N–H and O–H groups in total. The number of aromatic nitrogens is 2. The van der Waals surface area contributed by atoms with Gasteiger partial charge in [-0.1, -0.05) is 19.9 Å². The Morgan fingerprint density at radius 2 is 2.20 bits per heavy atom. The van der Waals surface area contributed by atoms with Crippen LogP contribution in [0.1, 0.15) is 43.9 Å². The second-order valence-electron chi connectivity index (χ2n) is 5.21. The lowest BCUT2D eigenvalue weighted by atomic mass is 10.1. The van der Waals surface area contributed by atoms with Crippen LogP contribution in [0.25, 0.3) is 0 Å². The lowest BCUT2D eigenvalue weighted by molar-refractivity contribution is 0.517. The molecule has 3 nitrogen and oxygen atoms in total. The third-order valence-corrected chi connectivity index (χ3v) is 3.61. The molecule has 2 aromatic heterocycles. The zero-order chi connectivity index (χ0) is 14.2. The molecule has 108 valence electrons. The van der Waals surface area contributed by atoms with Gasteiger partial charge in [-0.05, 0) is 49.1 Å². The first kappa shape index (κ1) is 14.8. The number of rotatable bonds is 8. The number of hydrogen-bond acceptors (Lipinski definition) is 2. The Bertz CT molecular complexity index is 490. The summed E-state index contributed by atoms with van der Waals surface area (Å²) >= 11 is 0. The van der Waals surface area contributed by atoms with Crippen molar-refractivity contribution in [1.82, 2.24) is 14.9 Å². The Balaban J connectivity index is 1.91. The van der Waals surface area contributed by atoms with Crippen LogP contribution in [0.3, 0.4) is 0 Å². The molecule has 0 aliphatic heterocycles. The highest BCUT2D eigenvalue weighted by atomic mass is 15.0. The molecular weight excluding hydrogens is 246 g/mol. The largest absolute Gasteiger partial charge is 0.354 e. The zero-order valence-electron chi connectivity index (χ0n) is 12.5. The van der Waals surface area contributed by atoms with E-state index in [2.05, 4.69) is 53.2 Å². The molecule has 2 aromatic rings. The molecule has 20 heavy (non-hydrogen) atoms. The van der Waals surface area contributed by atoms with Crippen LogP contribution in [0.4, 0.5) is 0 Å². The van der Waals surface area contributed by atoms with Gasteiger partial charge in [0.2, 0.25) is 0 Å². The van der Waals surface area contributed by atoms with Gasteiger partial charge in [-0.25, -0.2) is 0 Å². The van der Waals surface area contributed by atoms with E-state index in [1.54, 1.807) is 0 Å². The van der Waals surface area contributed by atoms with Crippen molar-refractivity contribution >= 4 is 0 Å². The van der Waals surface area contributed by atoms with Crippen molar-refractivity contribution in [2.75, 3.05) is 6.54 Å². The molecule has 0 fully saturated rings. The van der Waals surface area contributed by atoms with E-state index < -0.39 is 0 Å². The van der Waals surface area contributed by atoms with Gasteiger partial charge in [0.1, 0.15) is 0 Å². The van der Waals surface area contributed by atoms with Crippen LogP contribution in [0.5, 0.6) is 0 Å². The highest BCUT2D eigenvalue weighted by Gasteiger charge is 2.09. The third-order valence-electron chi connectivity index (χ3n) is 3.61. The lowest BCUT2D eigenvalue weighted by Crippen LogP contribution is -2.21. The quantitative estimate of drug-likeness (QED) is 0.795. The van der Waals surface area contributed by atoms with E-state index in [9.17, 15) is 0 Å². The second kappa shape index (κ2) is 7.85. The molecule has 0 aliphatic rings. The molecule has 0 spiro atoms. The van der Waals surface area contributed by atoms with Crippen molar-refractivity contribution in [3.63, 3.8) is 0 Å². The summed E-state index contributed by atoms with van der Waals surface area (Å²) in [5, 5.41) is 3.60. The molecule has 0 saturated carbocycles. The molecule has 2 rings (SSSR count). The Hall–Kier alpha value is -1.61. The van der Waals surface area contributed by atoms with Crippen molar-refractivity contribution < 1.29 is 0 Å². The summed E-state index contributed by atoms with van der Waals surface area (Å²) < 4.78 is 2.28. The van der Waals surface area contributed by atoms with Crippen molar-refractivity contribution in [2.45, 2.75) is 45.7 Å². The van der Waals surface area contributed by atoms with E-state index in [4.69, 9.17) is 0 Å². The fourth-order valence-electron chi connectivity index (χ4n) is 2.43. The van der Waals surface area contributed by atoms with Crippen LogP contribution < -0.4 is 5.32 Å². The molecule has 0 radical (unpaired) electrons. The van der Waals surface area contributed by atoms with Gasteiger partial charge < -0.3 is 9.88 Å². The predicted octanol–water partition coefficient (Wildman–Crippen LogP) is 3.58. The minimum atomic E-state index is 0.481. The van der Waals surface area contributed by atoms with Gasteiger partial charge in [-0.3, -0.25) is 4.98 Å². The summed E-state index contributed by atoms with van der Waals surface area (Å²) in [6, 6.07) is 6.85. The molecule has 2 heterocycles. The van der Waals surface area contributed by atoms with Gasteiger partial charge >= 0.3 is 0 Å². The first-order chi connectivity index (χ1) is 9.83. The van der Waals surface area contributed by atoms with Crippen LogP contribution in [-0.4, -0.2) is 16.1 Å². The Labute approximate surface area is 122 Å². The van der Waals surface area contributed by atoms with Crippen LogP contribution in [0.2, 0.25) is 0 Å². The summed E-state index contributed by atoms with van der Waals surface area (Å²) in [5.74, 6) is 0. The molecule has 0 bridgehead atoms. The molecular formula is C17H25N3. The van der Waals surface area contributed by atoms with E-state index in [0.717, 1.165) is 25.9 Å². The first-order valence-corrected chi connectivity index (χ1v) is 7.61. The van der Waals surface area contributed by atoms with Crippen molar-refractivity contribution in [1.29, 1.82) is 0 Å². The van der Waals surface area contributed by atoms with Crippen molar-refractivity contribution in [2.24, 2.45) is 0 Å². The van der Waals surface area contributed by atoms with Gasteiger partial charge in [0, 0.05) is 37.4 Å². The topological polar surface area (TPSA) is 29.9 Å². The van der Waals surface area contributed by atoms with Crippen molar-refractivity contribution in [3.05, 3.63) is 54.1 Å². The standard InChI is InChI=1S/C17H25N3/c1-3-9-19-17(4-2)16-8-12-20(14-16)11-7-15-6-5-10-18-13-15/h5-6,8,10,12-14,17,19H,3-4,7,9,11H2,1-2H3. The normalized spacial score (nSPS) is 12.5. The minimum Gasteiger partial charge on any atom is -0.354 e. The monoisotopic (exact) mass is 271 g/mol. The van der Waals surface area contributed by atoms with Gasteiger partial charge in [-0.15, -0.1) is 0 Å². The number of pyridine rings is 1. The number of nitrogens with zero attached hydrogens (tertiary/aromatic N) is 2. The maximum Gasteiger partial charge on any atom is 0.0332 e. The van der Waals surface area contributed by atoms with E-state index >= 15 is 0 Å². The van der Waals surface area contributed by atoms with E-state index in [-0.39, 0.29) is 0 Å². The molecule has 1 atom stereocenters. The molecule has 0 aromatic carbocycles. The maximum absolute atomic E-state index is 4.16. The van der Waals surface area contributed by atoms with E-state index in [1.807, 2.05) is 18.5 Å². The van der Waals surface area contributed by atoms with Crippen molar-refractivity contribution in [3.8, 4) is 0 Å².